The van der Waals surface area contributed by atoms with Crippen LogP contribution in [-0.2, 0) is 4.79 Å². The minimum atomic E-state index is -0.790. The quantitative estimate of drug-likeness (QED) is 0.652. The van der Waals surface area contributed by atoms with Crippen LogP contribution in [-0.4, -0.2) is 23.2 Å². The minimum Gasteiger partial charge on any atom is -0.389 e. The average Bonchev–Trinajstić information content (AvgIpc) is 2.15. The van der Waals surface area contributed by atoms with Gasteiger partial charge in [0.2, 0.25) is 5.91 Å². The van der Waals surface area contributed by atoms with Gasteiger partial charge in [-0.1, -0.05) is 33.6 Å². The van der Waals surface area contributed by atoms with Crippen LogP contribution in [0.5, 0.6) is 0 Å². The summed E-state index contributed by atoms with van der Waals surface area (Å²) in [6.45, 7) is 6.78. The van der Waals surface area contributed by atoms with E-state index < -0.39 is 5.60 Å². The van der Waals surface area contributed by atoms with Crippen molar-refractivity contribution in [2.75, 3.05) is 6.54 Å². The summed E-state index contributed by atoms with van der Waals surface area (Å²) < 4.78 is 0. The first kappa shape index (κ1) is 14.4. The topological polar surface area (TPSA) is 49.3 Å². The van der Waals surface area contributed by atoms with E-state index in [0.717, 1.165) is 19.3 Å². The van der Waals surface area contributed by atoms with Crippen LogP contribution in [0.25, 0.3) is 0 Å². The first-order chi connectivity index (χ1) is 7.08. The number of amides is 1. The number of nitrogens with one attached hydrogen (secondary N) is 1. The van der Waals surface area contributed by atoms with Gasteiger partial charge in [0.1, 0.15) is 0 Å². The van der Waals surface area contributed by atoms with E-state index in [-0.39, 0.29) is 12.3 Å². The van der Waals surface area contributed by atoms with E-state index in [1.54, 1.807) is 0 Å². The summed E-state index contributed by atoms with van der Waals surface area (Å²) in [4.78, 5) is 11.5. The van der Waals surface area contributed by atoms with Gasteiger partial charge in [0.25, 0.3) is 0 Å². The molecule has 90 valence electrons. The summed E-state index contributed by atoms with van der Waals surface area (Å²) in [5, 5.41) is 13.0. The van der Waals surface area contributed by atoms with Crippen molar-refractivity contribution >= 4 is 5.91 Å². The zero-order valence-corrected chi connectivity index (χ0v) is 10.3. The number of rotatable bonds is 8. The van der Waals surface area contributed by atoms with Gasteiger partial charge < -0.3 is 10.4 Å². The Hall–Kier alpha value is -0.570. The molecule has 0 aliphatic carbocycles. The van der Waals surface area contributed by atoms with E-state index in [0.29, 0.717) is 19.4 Å². The summed E-state index contributed by atoms with van der Waals surface area (Å²) in [6, 6.07) is 0. The molecule has 15 heavy (non-hydrogen) atoms. The highest BCUT2D eigenvalue weighted by atomic mass is 16.3. The van der Waals surface area contributed by atoms with Crippen LogP contribution in [0.3, 0.4) is 0 Å². The third-order valence-electron chi connectivity index (χ3n) is 2.49. The Morgan fingerprint density at radius 2 is 1.67 bits per heavy atom. The molecule has 0 atom stereocenters. The van der Waals surface area contributed by atoms with Gasteiger partial charge >= 0.3 is 0 Å². The molecule has 0 unspecified atom stereocenters. The molecule has 0 fully saturated rings. The monoisotopic (exact) mass is 215 g/mol. The van der Waals surface area contributed by atoms with E-state index in [1.165, 1.54) is 0 Å². The van der Waals surface area contributed by atoms with Crippen molar-refractivity contribution in [3.05, 3.63) is 0 Å². The second kappa shape index (κ2) is 7.69. The van der Waals surface area contributed by atoms with Crippen molar-refractivity contribution in [3.8, 4) is 0 Å². The molecule has 0 saturated heterocycles. The number of carbonyl (C=O) groups excluding carboxylic acids is 1. The summed E-state index contributed by atoms with van der Waals surface area (Å²) in [5.74, 6) is -0.0266. The molecule has 0 rings (SSSR count). The lowest BCUT2D eigenvalue weighted by Gasteiger charge is -2.26. The molecule has 0 bridgehead atoms. The summed E-state index contributed by atoms with van der Waals surface area (Å²) in [7, 11) is 0. The Morgan fingerprint density at radius 1 is 1.13 bits per heavy atom. The van der Waals surface area contributed by atoms with Crippen molar-refractivity contribution in [3.63, 3.8) is 0 Å². The molecule has 0 aromatic carbocycles. The fraction of sp³-hybridized carbons (Fsp3) is 0.917. The highest BCUT2D eigenvalue weighted by Crippen LogP contribution is 2.23. The number of carbonyl (C=O) groups is 1. The third-order valence-corrected chi connectivity index (χ3v) is 2.49. The van der Waals surface area contributed by atoms with Crippen LogP contribution in [0.15, 0.2) is 0 Å². The van der Waals surface area contributed by atoms with Crippen molar-refractivity contribution in [2.24, 2.45) is 0 Å². The number of hydrogen-bond acceptors (Lipinski definition) is 2. The molecule has 3 heteroatoms. The van der Waals surface area contributed by atoms with Gasteiger partial charge in [-0.05, 0) is 19.3 Å². The molecule has 0 aliphatic rings. The highest BCUT2D eigenvalue weighted by molar-refractivity contribution is 5.76. The SMILES string of the molecule is CCCNC(=O)CC(O)(CCC)CCC. The predicted molar refractivity (Wildman–Crippen MR) is 62.7 cm³/mol. The zero-order chi connectivity index (χ0) is 11.7. The Kier molecular flexibility index (Phi) is 7.39. The first-order valence-electron chi connectivity index (χ1n) is 6.07. The molecule has 0 aromatic rings. The first-order valence-corrected chi connectivity index (χ1v) is 6.07. The van der Waals surface area contributed by atoms with Crippen LogP contribution in [0.4, 0.5) is 0 Å². The van der Waals surface area contributed by atoms with E-state index in [2.05, 4.69) is 5.32 Å². The molecule has 3 nitrogen and oxygen atoms in total. The molecule has 1 amide bonds. The Morgan fingerprint density at radius 3 is 2.07 bits per heavy atom. The van der Waals surface area contributed by atoms with Crippen LogP contribution in [0, 0.1) is 0 Å². The number of aliphatic hydroxyl groups is 1. The van der Waals surface area contributed by atoms with Crippen molar-refractivity contribution < 1.29 is 9.90 Å². The lowest BCUT2D eigenvalue weighted by Crippen LogP contribution is -2.37. The lowest BCUT2D eigenvalue weighted by atomic mass is 9.89. The smallest absolute Gasteiger partial charge is 0.222 e. The van der Waals surface area contributed by atoms with Crippen LogP contribution < -0.4 is 5.32 Å². The van der Waals surface area contributed by atoms with Crippen LogP contribution in [0.2, 0.25) is 0 Å². The largest absolute Gasteiger partial charge is 0.389 e. The lowest BCUT2D eigenvalue weighted by molar-refractivity contribution is -0.126. The van der Waals surface area contributed by atoms with Gasteiger partial charge in [-0.2, -0.15) is 0 Å². The molecule has 0 saturated carbocycles. The zero-order valence-electron chi connectivity index (χ0n) is 10.3. The van der Waals surface area contributed by atoms with Gasteiger partial charge in [0.05, 0.1) is 12.0 Å². The van der Waals surface area contributed by atoms with Crippen LogP contribution >= 0.6 is 0 Å². The maximum Gasteiger partial charge on any atom is 0.222 e. The molecule has 0 heterocycles. The van der Waals surface area contributed by atoms with Gasteiger partial charge in [-0.25, -0.2) is 0 Å². The molecular formula is C12H25NO2. The van der Waals surface area contributed by atoms with Crippen molar-refractivity contribution in [2.45, 2.75) is 64.9 Å². The second-order valence-electron chi connectivity index (χ2n) is 4.25. The molecule has 0 spiro atoms. The Labute approximate surface area is 93.3 Å². The summed E-state index contributed by atoms with van der Waals surface area (Å²) in [5.41, 5.74) is -0.790. The van der Waals surface area contributed by atoms with E-state index in [1.807, 2.05) is 20.8 Å². The van der Waals surface area contributed by atoms with Gasteiger partial charge in [-0.15, -0.1) is 0 Å². The number of hydrogen-bond donors (Lipinski definition) is 2. The summed E-state index contributed by atoms with van der Waals surface area (Å²) in [6.07, 6.45) is 4.43. The predicted octanol–water partition coefficient (Wildman–Crippen LogP) is 2.23. The minimum absolute atomic E-state index is 0.0266. The average molecular weight is 215 g/mol. The maximum absolute atomic E-state index is 11.5. The van der Waals surface area contributed by atoms with Gasteiger partial charge in [0.15, 0.2) is 0 Å². The van der Waals surface area contributed by atoms with E-state index in [4.69, 9.17) is 0 Å². The van der Waals surface area contributed by atoms with Crippen LogP contribution in [0.1, 0.15) is 59.3 Å². The van der Waals surface area contributed by atoms with E-state index in [9.17, 15) is 9.90 Å². The Balaban J connectivity index is 4.08. The fourth-order valence-electron chi connectivity index (χ4n) is 1.86. The third kappa shape index (κ3) is 6.50. The fourth-order valence-corrected chi connectivity index (χ4v) is 1.86. The molecule has 0 radical (unpaired) electrons. The van der Waals surface area contributed by atoms with Crippen molar-refractivity contribution in [1.82, 2.24) is 5.32 Å². The standard InChI is InChI=1S/C12H25NO2/c1-4-7-12(15,8-5-2)10-11(14)13-9-6-3/h15H,4-10H2,1-3H3,(H,13,14). The van der Waals surface area contributed by atoms with E-state index >= 15 is 0 Å². The molecule has 0 aromatic heterocycles. The normalized spacial score (nSPS) is 11.5. The highest BCUT2D eigenvalue weighted by Gasteiger charge is 2.27. The molecule has 2 N–H and O–H groups in total. The molecule has 0 aliphatic heterocycles. The van der Waals surface area contributed by atoms with Crippen molar-refractivity contribution in [1.29, 1.82) is 0 Å². The van der Waals surface area contributed by atoms with Gasteiger partial charge in [-0.3, -0.25) is 4.79 Å². The maximum atomic E-state index is 11.5. The Bertz CT molecular complexity index is 174. The van der Waals surface area contributed by atoms with Gasteiger partial charge in [0, 0.05) is 6.54 Å². The molecular weight excluding hydrogens is 190 g/mol. The second-order valence-corrected chi connectivity index (χ2v) is 4.25. The summed E-state index contributed by atoms with van der Waals surface area (Å²) >= 11 is 0.